The molecule has 0 aliphatic rings. The Morgan fingerprint density at radius 1 is 1.00 bits per heavy atom. The van der Waals surface area contributed by atoms with Gasteiger partial charge in [-0.25, -0.2) is 0 Å². The first-order valence-electron chi connectivity index (χ1n) is 6.49. The van der Waals surface area contributed by atoms with Gasteiger partial charge in [0.1, 0.15) is 5.75 Å². The van der Waals surface area contributed by atoms with Crippen molar-refractivity contribution in [3.63, 3.8) is 0 Å². The minimum absolute atomic E-state index is 0.225. The lowest BCUT2D eigenvalue weighted by Crippen LogP contribution is -1.82. The van der Waals surface area contributed by atoms with Crippen molar-refractivity contribution in [2.45, 2.75) is 0 Å². The van der Waals surface area contributed by atoms with E-state index < -0.39 is 0 Å². The number of aromatic amines is 1. The van der Waals surface area contributed by atoms with Crippen LogP contribution in [0.1, 0.15) is 11.1 Å². The standard InChI is InChI=1S/C17H13ClN2O/c18-14-9-6-12(7-10-14)5-8-13-11-19-20-17(13)15-3-1-2-4-16(15)21/h1-11,21H,(H,19,20)/b8-5+. The highest BCUT2D eigenvalue weighted by Crippen LogP contribution is 2.30. The molecular weight excluding hydrogens is 284 g/mol. The van der Waals surface area contributed by atoms with Gasteiger partial charge in [-0.05, 0) is 29.8 Å². The fourth-order valence-corrected chi connectivity index (χ4v) is 2.21. The zero-order valence-electron chi connectivity index (χ0n) is 11.1. The number of nitrogens with one attached hydrogen (secondary N) is 1. The van der Waals surface area contributed by atoms with Gasteiger partial charge >= 0.3 is 0 Å². The highest BCUT2D eigenvalue weighted by molar-refractivity contribution is 6.30. The van der Waals surface area contributed by atoms with Crippen LogP contribution in [0.5, 0.6) is 5.75 Å². The first kappa shape index (κ1) is 13.5. The summed E-state index contributed by atoms with van der Waals surface area (Å²) in [7, 11) is 0. The zero-order valence-corrected chi connectivity index (χ0v) is 11.9. The lowest BCUT2D eigenvalue weighted by Gasteiger charge is -2.02. The number of phenolic OH excluding ortho intramolecular Hbond substituents is 1. The molecule has 0 unspecified atom stereocenters. The average Bonchev–Trinajstić information content (AvgIpc) is 2.95. The van der Waals surface area contributed by atoms with Gasteiger partial charge in [0.2, 0.25) is 0 Å². The van der Waals surface area contributed by atoms with E-state index in [2.05, 4.69) is 10.2 Å². The maximum atomic E-state index is 9.94. The lowest BCUT2D eigenvalue weighted by molar-refractivity contribution is 0.477. The van der Waals surface area contributed by atoms with Crippen molar-refractivity contribution in [2.24, 2.45) is 0 Å². The predicted molar refractivity (Wildman–Crippen MR) is 86.1 cm³/mol. The third-order valence-corrected chi connectivity index (χ3v) is 3.42. The van der Waals surface area contributed by atoms with Crippen LogP contribution in [-0.4, -0.2) is 15.3 Å². The molecule has 0 fully saturated rings. The van der Waals surface area contributed by atoms with E-state index in [1.165, 1.54) is 0 Å². The van der Waals surface area contributed by atoms with Gasteiger partial charge in [0.15, 0.2) is 0 Å². The summed E-state index contributed by atoms with van der Waals surface area (Å²) in [6, 6.07) is 14.8. The summed E-state index contributed by atoms with van der Waals surface area (Å²) in [4.78, 5) is 0. The minimum Gasteiger partial charge on any atom is -0.507 e. The molecular formula is C17H13ClN2O. The quantitative estimate of drug-likeness (QED) is 0.741. The smallest absolute Gasteiger partial charge is 0.124 e. The highest BCUT2D eigenvalue weighted by Gasteiger charge is 2.08. The van der Waals surface area contributed by atoms with Gasteiger partial charge in [0.25, 0.3) is 0 Å². The van der Waals surface area contributed by atoms with Gasteiger partial charge in [-0.3, -0.25) is 5.10 Å². The summed E-state index contributed by atoms with van der Waals surface area (Å²) < 4.78 is 0. The molecule has 104 valence electrons. The van der Waals surface area contributed by atoms with E-state index in [9.17, 15) is 5.11 Å². The third kappa shape index (κ3) is 2.98. The molecule has 0 bridgehead atoms. The summed E-state index contributed by atoms with van der Waals surface area (Å²) >= 11 is 5.87. The van der Waals surface area contributed by atoms with E-state index >= 15 is 0 Å². The van der Waals surface area contributed by atoms with Gasteiger partial charge < -0.3 is 5.11 Å². The SMILES string of the molecule is Oc1ccccc1-c1[nH]ncc1/C=C/c1ccc(Cl)cc1. The van der Waals surface area contributed by atoms with E-state index in [-0.39, 0.29) is 5.75 Å². The molecule has 0 saturated carbocycles. The summed E-state index contributed by atoms with van der Waals surface area (Å²) in [6.07, 6.45) is 5.66. The molecule has 0 saturated heterocycles. The molecule has 0 amide bonds. The first-order valence-corrected chi connectivity index (χ1v) is 6.87. The summed E-state index contributed by atoms with van der Waals surface area (Å²) in [5.74, 6) is 0.225. The van der Waals surface area contributed by atoms with Crippen LogP contribution in [0.25, 0.3) is 23.4 Å². The van der Waals surface area contributed by atoms with E-state index in [4.69, 9.17) is 11.6 Å². The topological polar surface area (TPSA) is 48.9 Å². The maximum absolute atomic E-state index is 9.94. The van der Waals surface area contributed by atoms with Crippen molar-refractivity contribution < 1.29 is 5.11 Å². The van der Waals surface area contributed by atoms with Crippen LogP contribution in [0.3, 0.4) is 0 Å². The predicted octanol–water partition coefficient (Wildman–Crippen LogP) is 4.61. The van der Waals surface area contributed by atoms with Gasteiger partial charge in [-0.1, -0.05) is 48.0 Å². The van der Waals surface area contributed by atoms with Crippen molar-refractivity contribution in [3.8, 4) is 17.0 Å². The van der Waals surface area contributed by atoms with Crippen LogP contribution < -0.4 is 0 Å². The molecule has 4 heteroatoms. The fourth-order valence-electron chi connectivity index (χ4n) is 2.08. The average molecular weight is 297 g/mol. The molecule has 21 heavy (non-hydrogen) atoms. The number of H-pyrrole nitrogens is 1. The molecule has 2 N–H and O–H groups in total. The van der Waals surface area contributed by atoms with E-state index in [0.717, 1.165) is 22.4 Å². The van der Waals surface area contributed by atoms with E-state index in [1.54, 1.807) is 18.3 Å². The molecule has 0 radical (unpaired) electrons. The Labute approximate surface area is 127 Å². The monoisotopic (exact) mass is 296 g/mol. The second-order valence-corrected chi connectivity index (χ2v) is 5.04. The zero-order chi connectivity index (χ0) is 14.7. The number of phenols is 1. The summed E-state index contributed by atoms with van der Waals surface area (Å²) in [5.41, 5.74) is 3.47. The molecule has 1 aromatic heterocycles. The molecule has 3 nitrogen and oxygen atoms in total. The lowest BCUT2D eigenvalue weighted by atomic mass is 10.1. The summed E-state index contributed by atoms with van der Waals surface area (Å²) in [5, 5.41) is 17.6. The number of para-hydroxylation sites is 1. The number of halogens is 1. The van der Waals surface area contributed by atoms with E-state index in [1.807, 2.05) is 48.6 Å². The second kappa shape index (κ2) is 5.85. The molecule has 0 spiro atoms. The Morgan fingerprint density at radius 2 is 1.76 bits per heavy atom. The van der Waals surface area contributed by atoms with E-state index in [0.29, 0.717) is 5.02 Å². The van der Waals surface area contributed by atoms with Crippen molar-refractivity contribution in [1.29, 1.82) is 0 Å². The maximum Gasteiger partial charge on any atom is 0.124 e. The van der Waals surface area contributed by atoms with Crippen molar-refractivity contribution in [3.05, 3.63) is 70.9 Å². The number of nitrogens with zero attached hydrogens (tertiary/aromatic N) is 1. The van der Waals surface area contributed by atoms with Gasteiger partial charge in [-0.15, -0.1) is 0 Å². The largest absolute Gasteiger partial charge is 0.507 e. The molecule has 3 rings (SSSR count). The van der Waals surface area contributed by atoms with Gasteiger partial charge in [-0.2, -0.15) is 5.10 Å². The van der Waals surface area contributed by atoms with Crippen LogP contribution in [-0.2, 0) is 0 Å². The molecule has 0 atom stereocenters. The number of rotatable bonds is 3. The van der Waals surface area contributed by atoms with Crippen LogP contribution in [0, 0.1) is 0 Å². The number of aromatic hydroxyl groups is 1. The molecule has 2 aromatic carbocycles. The van der Waals surface area contributed by atoms with Crippen LogP contribution >= 0.6 is 11.6 Å². The number of aromatic nitrogens is 2. The Hall–Kier alpha value is -2.52. The Morgan fingerprint density at radius 3 is 2.52 bits per heavy atom. The fraction of sp³-hybridized carbons (Fsp3) is 0. The molecule has 3 aromatic rings. The Kier molecular flexibility index (Phi) is 3.75. The summed E-state index contributed by atoms with van der Waals surface area (Å²) in [6.45, 7) is 0. The van der Waals surface area contributed by atoms with Crippen molar-refractivity contribution >= 4 is 23.8 Å². The molecule has 0 aliphatic carbocycles. The van der Waals surface area contributed by atoms with Crippen molar-refractivity contribution in [1.82, 2.24) is 10.2 Å². The van der Waals surface area contributed by atoms with Gasteiger partial charge in [0.05, 0.1) is 11.9 Å². The minimum atomic E-state index is 0.225. The number of hydrogen-bond donors (Lipinski definition) is 2. The first-order chi connectivity index (χ1) is 10.2. The Bertz CT molecular complexity index is 775. The van der Waals surface area contributed by atoms with Crippen molar-refractivity contribution in [2.75, 3.05) is 0 Å². The second-order valence-electron chi connectivity index (χ2n) is 4.60. The number of hydrogen-bond acceptors (Lipinski definition) is 2. The number of benzene rings is 2. The van der Waals surface area contributed by atoms with Crippen LogP contribution in [0.15, 0.2) is 54.7 Å². The highest BCUT2D eigenvalue weighted by atomic mass is 35.5. The molecule has 1 heterocycles. The normalized spacial score (nSPS) is 11.1. The third-order valence-electron chi connectivity index (χ3n) is 3.17. The van der Waals surface area contributed by atoms with Crippen LogP contribution in [0.2, 0.25) is 5.02 Å². The Balaban J connectivity index is 1.93. The van der Waals surface area contributed by atoms with Gasteiger partial charge in [0, 0.05) is 16.1 Å². The molecule has 0 aliphatic heterocycles. The van der Waals surface area contributed by atoms with Crippen LogP contribution in [0.4, 0.5) is 0 Å².